The van der Waals surface area contributed by atoms with Crippen molar-refractivity contribution in [3.05, 3.63) is 70.3 Å². The number of hydrogen-bond acceptors (Lipinski definition) is 5. The highest BCUT2D eigenvalue weighted by molar-refractivity contribution is 6.46. The van der Waals surface area contributed by atoms with Crippen molar-refractivity contribution >= 4 is 17.4 Å². The number of nitrogens with zero attached hydrogens (tertiary/aromatic N) is 2. The lowest BCUT2D eigenvalue weighted by Crippen LogP contribution is -2.38. The minimum atomic E-state index is -0.645. The van der Waals surface area contributed by atoms with E-state index in [-0.39, 0.29) is 11.3 Å². The number of aliphatic hydroxyl groups is 1. The summed E-state index contributed by atoms with van der Waals surface area (Å²) in [6.45, 7) is 15.5. The largest absolute Gasteiger partial charge is 0.507 e. The number of carbonyl (C=O) groups excluding carboxylic acids is 2. The maximum Gasteiger partial charge on any atom is 0.295 e. The van der Waals surface area contributed by atoms with E-state index in [1.54, 1.807) is 17.0 Å². The molecule has 1 aliphatic heterocycles. The molecule has 1 atom stereocenters. The van der Waals surface area contributed by atoms with Crippen molar-refractivity contribution in [3.8, 4) is 5.75 Å². The van der Waals surface area contributed by atoms with Gasteiger partial charge in [0, 0.05) is 18.7 Å². The number of amides is 1. The molecule has 1 N–H and O–H groups in total. The van der Waals surface area contributed by atoms with Crippen LogP contribution in [0.25, 0.3) is 5.76 Å². The van der Waals surface area contributed by atoms with Gasteiger partial charge in [0.2, 0.25) is 0 Å². The Labute approximate surface area is 209 Å². The van der Waals surface area contributed by atoms with Crippen LogP contribution in [0.1, 0.15) is 68.8 Å². The van der Waals surface area contributed by atoms with Gasteiger partial charge in [-0.3, -0.25) is 9.59 Å². The van der Waals surface area contributed by atoms with Crippen LogP contribution in [-0.4, -0.2) is 59.4 Å². The highest BCUT2D eigenvalue weighted by Crippen LogP contribution is 2.40. The fourth-order valence-corrected chi connectivity index (χ4v) is 4.61. The molecule has 0 bridgehead atoms. The van der Waals surface area contributed by atoms with Crippen LogP contribution in [0.3, 0.4) is 0 Å². The fourth-order valence-electron chi connectivity index (χ4n) is 4.61. The number of likely N-dealkylation sites (tertiary alicyclic amines) is 1. The van der Waals surface area contributed by atoms with Crippen LogP contribution in [0, 0.1) is 6.92 Å². The molecule has 1 fully saturated rings. The predicted molar refractivity (Wildman–Crippen MR) is 140 cm³/mol. The Bertz CT molecular complexity index is 1080. The Balaban J connectivity index is 2.11. The second-order valence-corrected chi connectivity index (χ2v) is 9.25. The molecule has 6 nitrogen and oxygen atoms in total. The lowest BCUT2D eigenvalue weighted by Gasteiger charge is -2.28. The Morgan fingerprint density at radius 2 is 1.71 bits per heavy atom. The number of ether oxygens (including phenoxy) is 1. The molecular formula is C29H38N2O4. The number of likely N-dealkylation sites (N-methyl/N-ethyl adjacent to an activating group) is 1. The smallest absolute Gasteiger partial charge is 0.295 e. The summed E-state index contributed by atoms with van der Waals surface area (Å²) >= 11 is 0. The van der Waals surface area contributed by atoms with Gasteiger partial charge >= 0.3 is 0 Å². The first kappa shape index (κ1) is 26.5. The third-order valence-electron chi connectivity index (χ3n) is 6.77. The zero-order valence-electron chi connectivity index (χ0n) is 21.8. The van der Waals surface area contributed by atoms with Crippen LogP contribution in [0.15, 0.2) is 48.0 Å². The molecule has 0 radical (unpaired) electrons. The molecule has 35 heavy (non-hydrogen) atoms. The van der Waals surface area contributed by atoms with Crippen molar-refractivity contribution in [3.63, 3.8) is 0 Å². The molecule has 1 heterocycles. The molecule has 1 unspecified atom stereocenters. The molecule has 1 amide bonds. The van der Waals surface area contributed by atoms with Crippen LogP contribution >= 0.6 is 0 Å². The number of aliphatic hydroxyl groups excluding tert-OH is 1. The van der Waals surface area contributed by atoms with Gasteiger partial charge in [-0.25, -0.2) is 0 Å². The summed E-state index contributed by atoms with van der Waals surface area (Å²) in [7, 11) is 0. The van der Waals surface area contributed by atoms with Crippen LogP contribution < -0.4 is 4.74 Å². The average molecular weight is 479 g/mol. The van der Waals surface area contributed by atoms with Gasteiger partial charge in [-0.05, 0) is 67.7 Å². The summed E-state index contributed by atoms with van der Waals surface area (Å²) in [5.41, 5.74) is 3.43. The normalized spacial score (nSPS) is 17.6. The first-order valence-electron chi connectivity index (χ1n) is 12.6. The maximum absolute atomic E-state index is 13.3. The second-order valence-electron chi connectivity index (χ2n) is 9.25. The molecule has 188 valence electrons. The first-order valence-corrected chi connectivity index (χ1v) is 12.6. The minimum Gasteiger partial charge on any atom is -0.507 e. The van der Waals surface area contributed by atoms with Crippen molar-refractivity contribution in [1.29, 1.82) is 0 Å². The molecular weight excluding hydrogens is 440 g/mol. The predicted octanol–water partition coefficient (Wildman–Crippen LogP) is 5.28. The van der Waals surface area contributed by atoms with Gasteiger partial charge < -0.3 is 19.6 Å². The maximum atomic E-state index is 13.3. The number of Topliss-reactive ketones (excluding diaryl/α,β-unsaturated/α-hetero) is 1. The van der Waals surface area contributed by atoms with E-state index in [0.717, 1.165) is 24.2 Å². The number of aryl methyl sites for hydroxylation is 1. The Kier molecular flexibility index (Phi) is 8.73. The zero-order valence-corrected chi connectivity index (χ0v) is 21.8. The molecule has 0 saturated carbocycles. The standard InChI is InChI=1S/C29H38N2O4/c1-7-30(8-2)16-17-31-26(22-12-10-21(11-13-22)19(4)5)25(28(33)29(31)34)27(32)24-15-14-23(35-9-3)18-20(24)6/h10-15,18-19,26,32H,7-9,16-17H2,1-6H3/b27-25+. The van der Waals surface area contributed by atoms with E-state index < -0.39 is 17.7 Å². The lowest BCUT2D eigenvalue weighted by atomic mass is 9.92. The van der Waals surface area contributed by atoms with Gasteiger partial charge in [-0.15, -0.1) is 0 Å². The van der Waals surface area contributed by atoms with E-state index >= 15 is 0 Å². The molecule has 0 aromatic heterocycles. The Morgan fingerprint density at radius 3 is 2.26 bits per heavy atom. The van der Waals surface area contributed by atoms with Crippen LogP contribution in [-0.2, 0) is 9.59 Å². The lowest BCUT2D eigenvalue weighted by molar-refractivity contribution is -0.140. The highest BCUT2D eigenvalue weighted by Gasteiger charge is 2.46. The molecule has 0 spiro atoms. The highest BCUT2D eigenvalue weighted by atomic mass is 16.5. The van der Waals surface area contributed by atoms with Crippen LogP contribution in [0.2, 0.25) is 0 Å². The number of rotatable bonds is 10. The monoisotopic (exact) mass is 478 g/mol. The van der Waals surface area contributed by atoms with Crippen molar-refractivity contribution < 1.29 is 19.4 Å². The topological polar surface area (TPSA) is 70.1 Å². The molecule has 3 rings (SSSR count). The molecule has 1 aliphatic rings. The summed E-state index contributed by atoms with van der Waals surface area (Å²) in [6.07, 6.45) is 0. The average Bonchev–Trinajstić information content (AvgIpc) is 3.09. The molecule has 2 aromatic carbocycles. The number of ketones is 1. The van der Waals surface area contributed by atoms with Crippen molar-refractivity contribution in [2.24, 2.45) is 0 Å². The van der Waals surface area contributed by atoms with Crippen LogP contribution in [0.5, 0.6) is 5.75 Å². The van der Waals surface area contributed by atoms with E-state index in [9.17, 15) is 14.7 Å². The molecule has 0 aliphatic carbocycles. The van der Waals surface area contributed by atoms with Crippen molar-refractivity contribution in [1.82, 2.24) is 9.80 Å². The van der Waals surface area contributed by atoms with E-state index in [4.69, 9.17) is 4.74 Å². The summed E-state index contributed by atoms with van der Waals surface area (Å²) in [4.78, 5) is 30.4. The van der Waals surface area contributed by atoms with Gasteiger partial charge in [-0.2, -0.15) is 0 Å². The van der Waals surface area contributed by atoms with Crippen LogP contribution in [0.4, 0.5) is 0 Å². The summed E-state index contributed by atoms with van der Waals surface area (Å²) in [6, 6.07) is 12.7. The number of benzene rings is 2. The molecule has 1 saturated heterocycles. The number of hydrogen-bond donors (Lipinski definition) is 1. The van der Waals surface area contributed by atoms with Gasteiger partial charge in [0.05, 0.1) is 18.2 Å². The summed E-state index contributed by atoms with van der Waals surface area (Å²) in [5.74, 6) is -0.299. The van der Waals surface area contributed by atoms with E-state index in [1.807, 2.05) is 44.2 Å². The van der Waals surface area contributed by atoms with Crippen molar-refractivity contribution in [2.45, 2.75) is 53.5 Å². The summed E-state index contributed by atoms with van der Waals surface area (Å²) in [5, 5.41) is 11.4. The third kappa shape index (κ3) is 5.59. The SMILES string of the molecule is CCOc1ccc(/C(O)=C2\C(=O)C(=O)N(CCN(CC)CC)C2c2ccc(C(C)C)cc2)c(C)c1. The van der Waals surface area contributed by atoms with Crippen molar-refractivity contribution in [2.75, 3.05) is 32.8 Å². The number of carbonyl (C=O) groups is 2. The van der Waals surface area contributed by atoms with E-state index in [1.165, 1.54) is 5.56 Å². The second kappa shape index (κ2) is 11.5. The van der Waals surface area contributed by atoms with Gasteiger partial charge in [-0.1, -0.05) is 52.0 Å². The molecule has 2 aromatic rings. The Morgan fingerprint density at radius 1 is 1.06 bits per heavy atom. The summed E-state index contributed by atoms with van der Waals surface area (Å²) < 4.78 is 5.57. The zero-order chi connectivity index (χ0) is 25.7. The molecule has 6 heteroatoms. The van der Waals surface area contributed by atoms with Gasteiger partial charge in [0.25, 0.3) is 11.7 Å². The fraction of sp³-hybridized carbons (Fsp3) is 0.448. The quantitative estimate of drug-likeness (QED) is 0.286. The van der Waals surface area contributed by atoms with E-state index in [2.05, 4.69) is 32.6 Å². The van der Waals surface area contributed by atoms with Gasteiger partial charge in [0.1, 0.15) is 11.5 Å². The minimum absolute atomic E-state index is 0.138. The Hall–Kier alpha value is -3.12. The third-order valence-corrected chi connectivity index (χ3v) is 6.77. The van der Waals surface area contributed by atoms with Gasteiger partial charge in [0.15, 0.2) is 0 Å². The first-order chi connectivity index (χ1) is 16.7. The van der Waals surface area contributed by atoms with E-state index in [0.29, 0.717) is 36.9 Å².